The first-order valence-corrected chi connectivity index (χ1v) is 5.60. The molecule has 0 heterocycles. The lowest BCUT2D eigenvalue weighted by Gasteiger charge is -1.92. The van der Waals surface area contributed by atoms with E-state index in [2.05, 4.69) is 48.5 Å². The van der Waals surface area contributed by atoms with Gasteiger partial charge >= 0.3 is 0 Å². The van der Waals surface area contributed by atoms with Crippen LogP contribution >= 0.6 is 24.6 Å². The van der Waals surface area contributed by atoms with Gasteiger partial charge in [-0.05, 0) is 10.8 Å². The highest BCUT2D eigenvalue weighted by Gasteiger charge is 1.85. The molecule has 0 amide bonds. The molecule has 4 nitrogen and oxygen atoms in total. The average molecular weight is 260 g/mol. The summed E-state index contributed by atoms with van der Waals surface area (Å²) in [5.41, 5.74) is 0. The van der Waals surface area contributed by atoms with E-state index in [1.807, 2.05) is 0 Å². The minimum atomic E-state index is -0.250. The lowest BCUT2D eigenvalue weighted by atomic mass is 10.1. The molecule has 88 valence electrons. The summed E-state index contributed by atoms with van der Waals surface area (Å²) in [4.78, 5) is 0. The van der Waals surface area contributed by atoms with E-state index in [0.29, 0.717) is 0 Å². The van der Waals surface area contributed by atoms with Crippen LogP contribution in [0.1, 0.15) is 0 Å². The predicted octanol–water partition coefficient (Wildman–Crippen LogP) is 4.17. The van der Waals surface area contributed by atoms with Gasteiger partial charge in [0.05, 0.1) is 0 Å². The molecule has 2 aromatic carbocycles. The fraction of sp³-hybridized carbons (Fsp3) is 0. The highest BCUT2D eigenvalue weighted by Crippen LogP contribution is 2.11. The highest BCUT2D eigenvalue weighted by molar-refractivity contribution is 7.88. The Morgan fingerprint density at radius 2 is 0.750 bits per heavy atom. The third kappa shape index (κ3) is 6.67. The average Bonchev–Trinajstić information content (AvgIpc) is 2.31. The molecule has 0 spiro atoms. The van der Waals surface area contributed by atoms with Crippen LogP contribution in [-0.4, -0.2) is 18.2 Å². The van der Waals surface area contributed by atoms with Gasteiger partial charge in [-0.1, -0.05) is 48.5 Å². The van der Waals surface area contributed by atoms with Crippen molar-refractivity contribution >= 4 is 35.4 Å². The van der Waals surface area contributed by atoms with Crippen LogP contribution in [-0.2, 0) is 0 Å². The summed E-state index contributed by atoms with van der Waals surface area (Å²) in [5.74, 6) is 0. The molecule has 0 aliphatic rings. The van der Waals surface area contributed by atoms with Gasteiger partial charge in [0.25, 0.3) is 0 Å². The van der Waals surface area contributed by atoms with Gasteiger partial charge in [0, 0.05) is 0 Å². The molecule has 4 N–H and O–H groups in total. The Morgan fingerprint density at radius 1 is 0.562 bits per heavy atom. The van der Waals surface area contributed by atoms with Crippen LogP contribution in [0.15, 0.2) is 48.5 Å². The van der Waals surface area contributed by atoms with Crippen LogP contribution in [0.2, 0.25) is 0 Å². The summed E-state index contributed by atoms with van der Waals surface area (Å²) in [7, 11) is 0. The Bertz CT molecular complexity index is 316. The first-order chi connectivity index (χ1) is 7.79. The summed E-state index contributed by atoms with van der Waals surface area (Å²) in [6.07, 6.45) is 0. The van der Waals surface area contributed by atoms with E-state index in [9.17, 15) is 0 Å². The predicted molar refractivity (Wildman–Crippen MR) is 69.6 cm³/mol. The molecule has 0 saturated carbocycles. The summed E-state index contributed by atoms with van der Waals surface area (Å²) in [6, 6.07) is 16.7. The smallest absolute Gasteiger partial charge is 0.152 e. The highest BCUT2D eigenvalue weighted by atomic mass is 32.2. The third-order valence-electron chi connectivity index (χ3n) is 1.66. The van der Waals surface area contributed by atoms with Crippen molar-refractivity contribution in [3.63, 3.8) is 0 Å². The first-order valence-electron chi connectivity index (χ1n) is 4.13. The maximum atomic E-state index is 7.04. The molecule has 0 bridgehead atoms. The molecule has 0 aliphatic carbocycles. The molecule has 2 aromatic rings. The number of hydrogen-bond donors (Lipinski definition) is 4. The topological polar surface area (TPSA) is 80.9 Å². The summed E-state index contributed by atoms with van der Waals surface area (Å²) in [6.45, 7) is 0. The normalized spacial score (nSPS) is 8.50. The Kier molecular flexibility index (Phi) is 10.2. The minimum Gasteiger partial charge on any atom is -0.307 e. The minimum absolute atomic E-state index is 0.250. The van der Waals surface area contributed by atoms with Crippen LogP contribution in [0.3, 0.4) is 0 Å². The maximum Gasteiger partial charge on any atom is 0.152 e. The summed E-state index contributed by atoms with van der Waals surface area (Å²) >= 11 is -0.500. The van der Waals surface area contributed by atoms with Gasteiger partial charge in [0.15, 0.2) is 24.6 Å². The lowest BCUT2D eigenvalue weighted by Crippen LogP contribution is -1.67. The fourth-order valence-electron chi connectivity index (χ4n) is 1.13. The van der Waals surface area contributed by atoms with Crippen molar-refractivity contribution in [1.82, 2.24) is 0 Å². The van der Waals surface area contributed by atoms with Gasteiger partial charge in [-0.2, -0.15) is 0 Å². The molecule has 0 atom stereocenters. The molecule has 6 heteroatoms. The lowest BCUT2D eigenvalue weighted by molar-refractivity contribution is 0.540. The van der Waals surface area contributed by atoms with Gasteiger partial charge in [-0.3, -0.25) is 0 Å². The molecule has 0 saturated heterocycles. The quantitative estimate of drug-likeness (QED) is 0.532. The standard InChI is InChI=1S/C10H8.2H2O2S/c1-2-6-10-8-4-3-7-9(10)5-1;2*1-3-2/h1-8H;2*1-2H. The van der Waals surface area contributed by atoms with Crippen LogP contribution in [0.25, 0.3) is 10.8 Å². The van der Waals surface area contributed by atoms with Crippen LogP contribution < -0.4 is 0 Å². The Labute approximate surface area is 102 Å². The van der Waals surface area contributed by atoms with Crippen LogP contribution in [0.4, 0.5) is 0 Å². The van der Waals surface area contributed by atoms with Crippen molar-refractivity contribution in [2.75, 3.05) is 0 Å². The first kappa shape index (κ1) is 15.2. The molecule has 16 heavy (non-hydrogen) atoms. The van der Waals surface area contributed by atoms with Crippen molar-refractivity contribution in [2.24, 2.45) is 0 Å². The molecular weight excluding hydrogens is 248 g/mol. The molecular formula is C10H12O4S2. The summed E-state index contributed by atoms with van der Waals surface area (Å²) < 4.78 is 28.2. The zero-order valence-corrected chi connectivity index (χ0v) is 9.86. The van der Waals surface area contributed by atoms with E-state index < -0.39 is 0 Å². The second-order valence-corrected chi connectivity index (χ2v) is 2.84. The number of rotatable bonds is 0. The largest absolute Gasteiger partial charge is 0.307 e. The number of fused-ring (bicyclic) bond motifs is 1. The number of hydrogen-bond acceptors (Lipinski definition) is 6. The van der Waals surface area contributed by atoms with Gasteiger partial charge < -0.3 is 18.2 Å². The molecule has 2 rings (SSSR count). The van der Waals surface area contributed by atoms with Crippen molar-refractivity contribution < 1.29 is 18.2 Å². The molecule has 0 unspecified atom stereocenters. The SMILES string of the molecule is OSO.OSO.c1ccc2ccccc2c1. The van der Waals surface area contributed by atoms with Crippen molar-refractivity contribution in [1.29, 1.82) is 0 Å². The molecule has 0 radical (unpaired) electrons. The van der Waals surface area contributed by atoms with Crippen LogP contribution in [0, 0.1) is 0 Å². The Balaban J connectivity index is 0.000000321. The molecule has 0 aliphatic heterocycles. The second-order valence-electron chi connectivity index (χ2n) is 2.51. The number of benzene rings is 2. The van der Waals surface area contributed by atoms with E-state index in [1.54, 1.807) is 0 Å². The third-order valence-corrected chi connectivity index (χ3v) is 1.66. The van der Waals surface area contributed by atoms with Crippen molar-refractivity contribution in [3.05, 3.63) is 48.5 Å². The van der Waals surface area contributed by atoms with E-state index in [1.165, 1.54) is 10.8 Å². The second kappa shape index (κ2) is 10.7. The van der Waals surface area contributed by atoms with E-state index in [0.717, 1.165) is 0 Å². The molecule has 0 fully saturated rings. The summed E-state index contributed by atoms with van der Waals surface area (Å²) in [5, 5.41) is 2.62. The maximum absolute atomic E-state index is 7.04. The van der Waals surface area contributed by atoms with E-state index in [4.69, 9.17) is 18.2 Å². The zero-order valence-electron chi connectivity index (χ0n) is 8.22. The zero-order chi connectivity index (χ0) is 12.2. The Morgan fingerprint density at radius 3 is 0.938 bits per heavy atom. The van der Waals surface area contributed by atoms with Crippen molar-refractivity contribution in [2.45, 2.75) is 0 Å². The van der Waals surface area contributed by atoms with Gasteiger partial charge in [0.2, 0.25) is 0 Å². The Hall–Kier alpha value is -0.760. The van der Waals surface area contributed by atoms with E-state index >= 15 is 0 Å². The van der Waals surface area contributed by atoms with Crippen LogP contribution in [0.5, 0.6) is 0 Å². The monoisotopic (exact) mass is 260 g/mol. The van der Waals surface area contributed by atoms with E-state index in [-0.39, 0.29) is 24.6 Å². The van der Waals surface area contributed by atoms with Crippen molar-refractivity contribution in [3.8, 4) is 0 Å². The fourth-order valence-corrected chi connectivity index (χ4v) is 1.13. The van der Waals surface area contributed by atoms with Gasteiger partial charge in [-0.25, -0.2) is 0 Å². The van der Waals surface area contributed by atoms with Gasteiger partial charge in [0.1, 0.15) is 0 Å². The molecule has 0 aromatic heterocycles. The van der Waals surface area contributed by atoms with Gasteiger partial charge in [-0.15, -0.1) is 0 Å².